The van der Waals surface area contributed by atoms with Crippen LogP contribution in [0.15, 0.2) is 36.5 Å². The van der Waals surface area contributed by atoms with Crippen molar-refractivity contribution >= 4 is 10.9 Å². The van der Waals surface area contributed by atoms with Gasteiger partial charge in [0.2, 0.25) is 0 Å². The predicted octanol–water partition coefficient (Wildman–Crippen LogP) is 3.64. The van der Waals surface area contributed by atoms with Crippen molar-refractivity contribution in [1.82, 2.24) is 9.97 Å². The van der Waals surface area contributed by atoms with Crippen LogP contribution < -0.4 is 0 Å². The van der Waals surface area contributed by atoms with E-state index < -0.39 is 0 Å². The lowest BCUT2D eigenvalue weighted by molar-refractivity contribution is 0.896. The minimum Gasteiger partial charge on any atom is -0.354 e. The largest absolute Gasteiger partial charge is 0.354 e. The number of aryl methyl sites for hydroxylation is 3. The van der Waals surface area contributed by atoms with Crippen LogP contribution in [0.3, 0.4) is 0 Å². The molecule has 0 amide bonds. The highest BCUT2D eigenvalue weighted by Gasteiger charge is 2.22. The molecular formula is C16H14N2. The van der Waals surface area contributed by atoms with E-state index in [-0.39, 0.29) is 0 Å². The normalized spacial score (nSPS) is 13.4. The fourth-order valence-corrected chi connectivity index (χ4v) is 3.06. The van der Waals surface area contributed by atoms with Crippen LogP contribution in [0.2, 0.25) is 0 Å². The standard InChI is InChI=1S/C16H14N2/c1-10-8-9-17-14-7-6-12-11-4-2-3-5-13(11)18-16(12)15(10)14/h2-5,8-9,18H,6-7H2,1H3. The molecule has 0 spiro atoms. The molecule has 1 aliphatic carbocycles. The number of para-hydroxylation sites is 1. The summed E-state index contributed by atoms with van der Waals surface area (Å²) in [6, 6.07) is 10.7. The molecular weight excluding hydrogens is 220 g/mol. The van der Waals surface area contributed by atoms with Crippen LogP contribution in [0.5, 0.6) is 0 Å². The van der Waals surface area contributed by atoms with E-state index in [2.05, 4.69) is 47.2 Å². The molecule has 0 unspecified atom stereocenters. The maximum atomic E-state index is 4.53. The Kier molecular flexibility index (Phi) is 1.90. The summed E-state index contributed by atoms with van der Waals surface area (Å²) in [5, 5.41) is 1.36. The van der Waals surface area contributed by atoms with E-state index in [4.69, 9.17) is 0 Å². The number of nitrogens with one attached hydrogen (secondary N) is 1. The van der Waals surface area contributed by atoms with Crippen molar-refractivity contribution in [2.24, 2.45) is 0 Å². The number of hydrogen-bond donors (Lipinski definition) is 1. The quantitative estimate of drug-likeness (QED) is 0.632. The molecule has 0 fully saturated rings. The Morgan fingerprint density at radius 2 is 2.00 bits per heavy atom. The minimum absolute atomic E-state index is 1.05. The second kappa shape index (κ2) is 3.45. The lowest BCUT2D eigenvalue weighted by Gasteiger charge is -2.17. The van der Waals surface area contributed by atoms with Gasteiger partial charge in [-0.1, -0.05) is 18.2 Å². The van der Waals surface area contributed by atoms with Gasteiger partial charge in [0.1, 0.15) is 0 Å². The number of benzene rings is 1. The molecule has 3 aromatic rings. The zero-order chi connectivity index (χ0) is 12.1. The molecule has 0 aliphatic heterocycles. The maximum Gasteiger partial charge on any atom is 0.0518 e. The summed E-state index contributed by atoms with van der Waals surface area (Å²) in [7, 11) is 0. The summed E-state index contributed by atoms with van der Waals surface area (Å²) >= 11 is 0. The molecule has 1 aliphatic rings. The fraction of sp³-hybridized carbons (Fsp3) is 0.188. The van der Waals surface area contributed by atoms with Gasteiger partial charge in [0, 0.05) is 22.7 Å². The number of hydrogen-bond acceptors (Lipinski definition) is 1. The van der Waals surface area contributed by atoms with E-state index in [0.29, 0.717) is 0 Å². The smallest absolute Gasteiger partial charge is 0.0518 e. The monoisotopic (exact) mass is 234 g/mol. The molecule has 2 heterocycles. The van der Waals surface area contributed by atoms with Crippen molar-refractivity contribution in [3.8, 4) is 11.3 Å². The molecule has 18 heavy (non-hydrogen) atoms. The van der Waals surface area contributed by atoms with Gasteiger partial charge in [-0.3, -0.25) is 4.98 Å². The van der Waals surface area contributed by atoms with Crippen molar-refractivity contribution in [1.29, 1.82) is 0 Å². The Bertz CT molecular complexity index is 753. The SMILES string of the molecule is Cc1ccnc2c1-c1[nH]c3ccccc3c1CC2. The van der Waals surface area contributed by atoms with Crippen LogP contribution >= 0.6 is 0 Å². The summed E-state index contributed by atoms with van der Waals surface area (Å²) in [6.07, 6.45) is 4.05. The third-order valence-electron chi connectivity index (χ3n) is 3.91. The van der Waals surface area contributed by atoms with Gasteiger partial charge in [-0.2, -0.15) is 0 Å². The summed E-state index contributed by atoms with van der Waals surface area (Å²) < 4.78 is 0. The highest BCUT2D eigenvalue weighted by atomic mass is 14.8. The summed E-state index contributed by atoms with van der Waals surface area (Å²) in [4.78, 5) is 8.10. The Morgan fingerprint density at radius 1 is 1.11 bits per heavy atom. The van der Waals surface area contributed by atoms with Gasteiger partial charge in [0.25, 0.3) is 0 Å². The molecule has 2 aromatic heterocycles. The lowest BCUT2D eigenvalue weighted by atomic mass is 9.90. The van der Waals surface area contributed by atoms with E-state index in [9.17, 15) is 0 Å². The molecule has 0 saturated carbocycles. The Morgan fingerprint density at radius 3 is 2.94 bits per heavy atom. The fourth-order valence-electron chi connectivity index (χ4n) is 3.06. The van der Waals surface area contributed by atoms with E-state index in [0.717, 1.165) is 12.8 Å². The molecule has 1 N–H and O–H groups in total. The Balaban J connectivity index is 2.12. The highest BCUT2D eigenvalue weighted by molar-refractivity contribution is 5.92. The Hall–Kier alpha value is -2.09. The predicted molar refractivity (Wildman–Crippen MR) is 73.7 cm³/mol. The lowest BCUT2D eigenvalue weighted by Crippen LogP contribution is -2.06. The van der Waals surface area contributed by atoms with Crippen molar-refractivity contribution in [2.45, 2.75) is 19.8 Å². The van der Waals surface area contributed by atoms with Crippen LogP contribution in [0.1, 0.15) is 16.8 Å². The highest BCUT2D eigenvalue weighted by Crippen LogP contribution is 2.38. The van der Waals surface area contributed by atoms with E-state index in [1.54, 1.807) is 0 Å². The second-order valence-corrected chi connectivity index (χ2v) is 4.97. The van der Waals surface area contributed by atoms with E-state index in [1.807, 2.05) is 6.20 Å². The molecule has 0 bridgehead atoms. The molecule has 2 nitrogen and oxygen atoms in total. The number of pyridine rings is 1. The van der Waals surface area contributed by atoms with Crippen LogP contribution in [0.4, 0.5) is 0 Å². The minimum atomic E-state index is 1.05. The zero-order valence-corrected chi connectivity index (χ0v) is 10.3. The second-order valence-electron chi connectivity index (χ2n) is 4.97. The number of H-pyrrole nitrogens is 1. The van der Waals surface area contributed by atoms with Gasteiger partial charge in [-0.25, -0.2) is 0 Å². The van der Waals surface area contributed by atoms with Gasteiger partial charge in [-0.05, 0) is 43.0 Å². The van der Waals surface area contributed by atoms with Gasteiger partial charge in [-0.15, -0.1) is 0 Å². The van der Waals surface area contributed by atoms with Gasteiger partial charge in [0.05, 0.1) is 11.4 Å². The van der Waals surface area contributed by atoms with Gasteiger partial charge >= 0.3 is 0 Å². The number of rotatable bonds is 0. The first kappa shape index (κ1) is 9.89. The van der Waals surface area contributed by atoms with Gasteiger partial charge in [0.15, 0.2) is 0 Å². The van der Waals surface area contributed by atoms with Crippen LogP contribution in [-0.2, 0) is 12.8 Å². The van der Waals surface area contributed by atoms with Crippen LogP contribution in [0.25, 0.3) is 22.2 Å². The zero-order valence-electron chi connectivity index (χ0n) is 10.3. The van der Waals surface area contributed by atoms with Crippen molar-refractivity contribution < 1.29 is 0 Å². The molecule has 0 saturated heterocycles. The average Bonchev–Trinajstić information content (AvgIpc) is 2.77. The third kappa shape index (κ3) is 1.20. The molecule has 4 rings (SSSR count). The number of aromatic nitrogens is 2. The number of fused-ring (bicyclic) bond motifs is 5. The molecule has 1 aromatic carbocycles. The number of nitrogens with zero attached hydrogens (tertiary/aromatic N) is 1. The van der Waals surface area contributed by atoms with Crippen molar-refractivity contribution in [3.63, 3.8) is 0 Å². The first-order valence-electron chi connectivity index (χ1n) is 6.39. The summed E-state index contributed by atoms with van der Waals surface area (Å²) in [5.41, 5.74) is 7.83. The molecule has 88 valence electrons. The van der Waals surface area contributed by atoms with Gasteiger partial charge < -0.3 is 4.98 Å². The topological polar surface area (TPSA) is 28.7 Å². The Labute approximate surface area is 106 Å². The summed E-state index contributed by atoms with van der Waals surface area (Å²) in [5.74, 6) is 0. The molecule has 0 radical (unpaired) electrons. The number of aromatic amines is 1. The van der Waals surface area contributed by atoms with Crippen LogP contribution in [0, 0.1) is 6.92 Å². The maximum absolute atomic E-state index is 4.53. The van der Waals surface area contributed by atoms with Crippen LogP contribution in [-0.4, -0.2) is 9.97 Å². The first-order chi connectivity index (χ1) is 8.84. The van der Waals surface area contributed by atoms with Crippen molar-refractivity contribution in [2.75, 3.05) is 0 Å². The van der Waals surface area contributed by atoms with Crippen molar-refractivity contribution in [3.05, 3.63) is 53.3 Å². The molecule has 0 atom stereocenters. The average molecular weight is 234 g/mol. The summed E-state index contributed by atoms with van der Waals surface area (Å²) in [6.45, 7) is 2.17. The molecule has 2 heteroatoms. The van der Waals surface area contributed by atoms with E-state index >= 15 is 0 Å². The van der Waals surface area contributed by atoms with E-state index in [1.165, 1.54) is 39.0 Å². The third-order valence-corrected chi connectivity index (χ3v) is 3.91. The first-order valence-corrected chi connectivity index (χ1v) is 6.39.